The van der Waals surface area contributed by atoms with Crippen LogP contribution < -0.4 is 5.32 Å². The highest BCUT2D eigenvalue weighted by molar-refractivity contribution is 5.45. The van der Waals surface area contributed by atoms with Gasteiger partial charge in [0.1, 0.15) is 0 Å². The van der Waals surface area contributed by atoms with Crippen LogP contribution in [0.5, 0.6) is 0 Å². The smallest absolute Gasteiger partial charge is 0.0758 e. The molecule has 2 rings (SSSR count). The number of nitrogens with zero attached hydrogens (tertiary/aromatic N) is 4. The van der Waals surface area contributed by atoms with Gasteiger partial charge >= 0.3 is 0 Å². The number of nitrogens with one attached hydrogen (secondary N) is 1. The van der Waals surface area contributed by atoms with Gasteiger partial charge in [0, 0.05) is 32.4 Å². The van der Waals surface area contributed by atoms with Crippen molar-refractivity contribution in [1.29, 1.82) is 0 Å². The molecule has 0 aliphatic heterocycles. The van der Waals surface area contributed by atoms with Crippen LogP contribution in [-0.4, -0.2) is 19.6 Å². The van der Waals surface area contributed by atoms with Gasteiger partial charge in [-0.3, -0.25) is 9.36 Å². The first-order valence-electron chi connectivity index (χ1n) is 4.87. The van der Waals surface area contributed by atoms with Gasteiger partial charge in [0.25, 0.3) is 0 Å². The number of anilines is 1. The molecule has 0 atom stereocenters. The summed E-state index contributed by atoms with van der Waals surface area (Å²) in [5, 5.41) is 11.6. The van der Waals surface area contributed by atoms with Crippen molar-refractivity contribution in [1.82, 2.24) is 19.6 Å². The lowest BCUT2D eigenvalue weighted by molar-refractivity contribution is 0.740. The first kappa shape index (κ1) is 9.76. The fraction of sp³-hybridized carbons (Fsp3) is 0.400. The monoisotopic (exact) mass is 205 g/mol. The van der Waals surface area contributed by atoms with Crippen LogP contribution in [0.15, 0.2) is 18.6 Å². The Morgan fingerprint density at radius 2 is 2.07 bits per heavy atom. The van der Waals surface area contributed by atoms with E-state index >= 15 is 0 Å². The van der Waals surface area contributed by atoms with E-state index in [1.54, 1.807) is 4.68 Å². The van der Waals surface area contributed by atoms with Crippen molar-refractivity contribution in [3.8, 4) is 0 Å². The molecule has 0 amide bonds. The third-order valence-electron chi connectivity index (χ3n) is 2.48. The second-order valence-corrected chi connectivity index (χ2v) is 3.64. The van der Waals surface area contributed by atoms with Gasteiger partial charge in [-0.25, -0.2) is 0 Å². The molecule has 0 unspecified atom stereocenters. The van der Waals surface area contributed by atoms with Crippen LogP contribution in [-0.2, 0) is 20.6 Å². The second kappa shape index (κ2) is 3.76. The summed E-state index contributed by atoms with van der Waals surface area (Å²) >= 11 is 0. The maximum absolute atomic E-state index is 4.17. The first-order valence-corrected chi connectivity index (χ1v) is 4.87. The highest BCUT2D eigenvalue weighted by atomic mass is 15.3. The van der Waals surface area contributed by atoms with Crippen molar-refractivity contribution in [2.24, 2.45) is 14.1 Å². The molecule has 0 saturated heterocycles. The molecule has 0 saturated carbocycles. The Morgan fingerprint density at radius 3 is 2.60 bits per heavy atom. The van der Waals surface area contributed by atoms with Crippen LogP contribution in [0.25, 0.3) is 0 Å². The summed E-state index contributed by atoms with van der Waals surface area (Å²) in [4.78, 5) is 0. The summed E-state index contributed by atoms with van der Waals surface area (Å²) in [6.07, 6.45) is 5.70. The van der Waals surface area contributed by atoms with E-state index in [2.05, 4.69) is 15.5 Å². The van der Waals surface area contributed by atoms with Crippen LogP contribution >= 0.6 is 0 Å². The van der Waals surface area contributed by atoms with Gasteiger partial charge in [0.05, 0.1) is 23.8 Å². The van der Waals surface area contributed by atoms with E-state index in [9.17, 15) is 0 Å². The Hall–Kier alpha value is -1.78. The van der Waals surface area contributed by atoms with Gasteiger partial charge in [-0.05, 0) is 6.92 Å². The minimum absolute atomic E-state index is 0.778. The van der Waals surface area contributed by atoms with Crippen molar-refractivity contribution < 1.29 is 0 Å². The Labute approximate surface area is 88.7 Å². The predicted octanol–water partition coefficient (Wildman–Crippen LogP) is 1.07. The molecule has 0 radical (unpaired) electrons. The van der Waals surface area contributed by atoms with E-state index in [4.69, 9.17) is 0 Å². The summed E-state index contributed by atoms with van der Waals surface area (Å²) < 4.78 is 3.65. The molecule has 2 aromatic rings. The minimum atomic E-state index is 0.778. The maximum Gasteiger partial charge on any atom is 0.0758 e. The molecule has 0 fully saturated rings. The average Bonchev–Trinajstić information content (AvgIpc) is 2.74. The zero-order valence-electron chi connectivity index (χ0n) is 9.23. The van der Waals surface area contributed by atoms with Gasteiger partial charge in [-0.1, -0.05) is 0 Å². The molecule has 1 N–H and O–H groups in total. The fourth-order valence-corrected chi connectivity index (χ4v) is 1.43. The lowest BCUT2D eigenvalue weighted by atomic mass is 10.3. The molecule has 0 spiro atoms. The van der Waals surface area contributed by atoms with E-state index in [-0.39, 0.29) is 0 Å². The molecule has 80 valence electrons. The molecule has 0 aliphatic rings. The molecule has 2 aromatic heterocycles. The van der Waals surface area contributed by atoms with Crippen LogP contribution in [0.3, 0.4) is 0 Å². The topological polar surface area (TPSA) is 47.7 Å². The Balaban J connectivity index is 2.02. The van der Waals surface area contributed by atoms with Gasteiger partial charge in [-0.2, -0.15) is 10.2 Å². The zero-order valence-corrected chi connectivity index (χ0v) is 9.23. The van der Waals surface area contributed by atoms with E-state index < -0.39 is 0 Å². The lowest BCUT2D eigenvalue weighted by Gasteiger charge is -2.03. The number of aromatic nitrogens is 4. The molecule has 0 bridgehead atoms. The number of hydrogen-bond acceptors (Lipinski definition) is 3. The highest BCUT2D eigenvalue weighted by Crippen LogP contribution is 2.13. The van der Waals surface area contributed by atoms with E-state index in [1.807, 2.05) is 44.3 Å². The van der Waals surface area contributed by atoms with Crippen molar-refractivity contribution in [3.63, 3.8) is 0 Å². The Morgan fingerprint density at radius 1 is 1.27 bits per heavy atom. The molecule has 15 heavy (non-hydrogen) atoms. The van der Waals surface area contributed by atoms with Gasteiger partial charge in [0.2, 0.25) is 0 Å². The summed E-state index contributed by atoms with van der Waals surface area (Å²) in [7, 11) is 3.85. The molecular formula is C10H15N5. The molecule has 5 heteroatoms. The van der Waals surface area contributed by atoms with Gasteiger partial charge in [-0.15, -0.1) is 0 Å². The van der Waals surface area contributed by atoms with Crippen molar-refractivity contribution >= 4 is 5.69 Å². The van der Waals surface area contributed by atoms with Gasteiger partial charge < -0.3 is 5.32 Å². The average molecular weight is 205 g/mol. The standard InChI is InChI=1S/C10H15N5/c1-8-10(6-13-15(8)3)11-4-9-5-12-14(2)7-9/h5-7,11H,4H2,1-3H3. The third-order valence-corrected chi connectivity index (χ3v) is 2.48. The third kappa shape index (κ3) is 2.01. The van der Waals surface area contributed by atoms with Crippen LogP contribution in [0.2, 0.25) is 0 Å². The maximum atomic E-state index is 4.17. The molecule has 5 nitrogen and oxygen atoms in total. The van der Waals surface area contributed by atoms with Crippen LogP contribution in [0.4, 0.5) is 5.69 Å². The molecule has 0 aromatic carbocycles. The minimum Gasteiger partial charge on any atom is -0.378 e. The predicted molar refractivity (Wildman–Crippen MR) is 58.5 cm³/mol. The number of rotatable bonds is 3. The van der Waals surface area contributed by atoms with Crippen molar-refractivity contribution in [2.75, 3.05) is 5.32 Å². The molecular weight excluding hydrogens is 190 g/mol. The summed E-state index contributed by atoms with van der Waals surface area (Å²) in [6, 6.07) is 0. The Kier molecular flexibility index (Phi) is 2.45. The zero-order chi connectivity index (χ0) is 10.8. The largest absolute Gasteiger partial charge is 0.378 e. The van der Waals surface area contributed by atoms with Crippen LogP contribution in [0, 0.1) is 6.92 Å². The van der Waals surface area contributed by atoms with Gasteiger partial charge in [0.15, 0.2) is 0 Å². The lowest BCUT2D eigenvalue weighted by Crippen LogP contribution is -2.00. The van der Waals surface area contributed by atoms with E-state index in [0.29, 0.717) is 0 Å². The van der Waals surface area contributed by atoms with Crippen molar-refractivity contribution in [3.05, 3.63) is 29.8 Å². The molecule has 2 heterocycles. The number of aryl methyl sites for hydroxylation is 2. The first-order chi connectivity index (χ1) is 7.16. The normalized spacial score (nSPS) is 10.6. The summed E-state index contributed by atoms with van der Waals surface area (Å²) in [5.41, 5.74) is 3.38. The second-order valence-electron chi connectivity index (χ2n) is 3.64. The highest BCUT2D eigenvalue weighted by Gasteiger charge is 2.03. The summed E-state index contributed by atoms with van der Waals surface area (Å²) in [5.74, 6) is 0. The number of hydrogen-bond donors (Lipinski definition) is 1. The van der Waals surface area contributed by atoms with Crippen LogP contribution in [0.1, 0.15) is 11.3 Å². The van der Waals surface area contributed by atoms with Crippen molar-refractivity contribution in [2.45, 2.75) is 13.5 Å². The van der Waals surface area contributed by atoms with E-state index in [1.165, 1.54) is 5.56 Å². The SMILES string of the molecule is Cc1c(NCc2cnn(C)c2)cnn1C. The summed E-state index contributed by atoms with van der Waals surface area (Å²) in [6.45, 7) is 2.82. The van der Waals surface area contributed by atoms with E-state index in [0.717, 1.165) is 17.9 Å². The molecule has 0 aliphatic carbocycles. The Bertz CT molecular complexity index is 454. The fourth-order valence-electron chi connectivity index (χ4n) is 1.43. The quantitative estimate of drug-likeness (QED) is 0.815.